The third-order valence-electron chi connectivity index (χ3n) is 6.64. The number of hydrogen-bond donors (Lipinski definition) is 3. The number of alkyl halides is 3. The Morgan fingerprint density at radius 1 is 1.08 bits per heavy atom. The fourth-order valence-electron chi connectivity index (χ4n) is 5.04. The van der Waals surface area contributed by atoms with Gasteiger partial charge in [0.25, 0.3) is 0 Å². The van der Waals surface area contributed by atoms with Crippen molar-refractivity contribution in [2.45, 2.75) is 83.8 Å². The number of halogens is 3. The molecule has 1 fully saturated rings. The van der Waals surface area contributed by atoms with Gasteiger partial charge in [-0.1, -0.05) is 56.3 Å². The Morgan fingerprint density at radius 2 is 1.69 bits per heavy atom. The fraction of sp³-hybridized carbons (Fsp3) is 0.500. The SMILES string of the molecule is CC(C)C1N[C@@H]([C@@H](O)[C@H](Cc2ccccc2)N(C(=O)O)C(C)(C)C)C(=O)N1Cc1cccc(OC(F)(F)F)c1. The highest BCUT2D eigenvalue weighted by atomic mass is 19.4. The molecule has 1 heterocycles. The number of amides is 2. The van der Waals surface area contributed by atoms with Gasteiger partial charge in [0.2, 0.25) is 5.91 Å². The molecule has 0 aromatic heterocycles. The van der Waals surface area contributed by atoms with Gasteiger partial charge in [-0.25, -0.2) is 4.79 Å². The second-order valence-electron chi connectivity index (χ2n) is 11.1. The summed E-state index contributed by atoms with van der Waals surface area (Å²) < 4.78 is 42.2. The molecule has 1 saturated heterocycles. The van der Waals surface area contributed by atoms with Crippen molar-refractivity contribution in [1.29, 1.82) is 0 Å². The summed E-state index contributed by atoms with van der Waals surface area (Å²) in [4.78, 5) is 28.7. The number of carbonyl (C=O) groups is 2. The Kier molecular flexibility index (Phi) is 9.17. The van der Waals surface area contributed by atoms with Crippen LogP contribution < -0.4 is 10.1 Å². The zero-order valence-corrected chi connectivity index (χ0v) is 22.6. The summed E-state index contributed by atoms with van der Waals surface area (Å²) in [5.41, 5.74) is 0.320. The summed E-state index contributed by atoms with van der Waals surface area (Å²) in [6.07, 6.45) is -7.88. The second-order valence-corrected chi connectivity index (χ2v) is 11.1. The number of aliphatic hydroxyl groups is 1. The molecule has 4 atom stereocenters. The number of hydrogen-bond acceptors (Lipinski definition) is 5. The van der Waals surface area contributed by atoms with Gasteiger partial charge in [-0.2, -0.15) is 0 Å². The fourth-order valence-corrected chi connectivity index (χ4v) is 5.04. The van der Waals surface area contributed by atoms with Gasteiger partial charge < -0.3 is 19.8 Å². The van der Waals surface area contributed by atoms with E-state index < -0.39 is 54.0 Å². The molecule has 0 bridgehead atoms. The van der Waals surface area contributed by atoms with E-state index in [0.717, 1.165) is 5.56 Å². The van der Waals surface area contributed by atoms with Crippen LogP contribution in [-0.4, -0.2) is 68.3 Å². The van der Waals surface area contributed by atoms with E-state index in [4.69, 9.17) is 0 Å². The number of carboxylic acid groups (broad SMARTS) is 1. The predicted octanol–water partition coefficient (Wildman–Crippen LogP) is 4.62. The zero-order chi connectivity index (χ0) is 29.1. The number of ether oxygens (including phenoxy) is 1. The van der Waals surface area contributed by atoms with Crippen LogP contribution in [0.1, 0.15) is 45.7 Å². The quantitative estimate of drug-likeness (QED) is 0.421. The van der Waals surface area contributed by atoms with Crippen molar-refractivity contribution < 1.29 is 37.7 Å². The third kappa shape index (κ3) is 7.63. The summed E-state index contributed by atoms with van der Waals surface area (Å²) in [5, 5.41) is 24.9. The Labute approximate surface area is 226 Å². The van der Waals surface area contributed by atoms with Gasteiger partial charge in [-0.05, 0) is 56.4 Å². The van der Waals surface area contributed by atoms with Crippen molar-refractivity contribution in [3.8, 4) is 5.75 Å². The second kappa shape index (κ2) is 11.8. The van der Waals surface area contributed by atoms with Gasteiger partial charge in [0, 0.05) is 12.1 Å². The molecular weight excluding hydrogens is 515 g/mol. The molecule has 0 spiro atoms. The predicted molar refractivity (Wildman–Crippen MR) is 139 cm³/mol. The molecule has 2 amide bonds. The first kappa shape index (κ1) is 30.2. The standard InChI is InChI=1S/C28H36F3N3O5/c1-17(2)24-32-22(25(36)33(24)16-19-12-9-13-20(14-19)39-28(29,30)31)23(35)21(15-18-10-7-6-8-11-18)34(26(37)38)27(3,4)5/h6-14,17,21-24,32,35H,15-16H2,1-5H3,(H,37,38)/t21-,22-,23-,24?/m0/s1. The average Bonchev–Trinajstić information content (AvgIpc) is 3.13. The summed E-state index contributed by atoms with van der Waals surface area (Å²) in [6, 6.07) is 12.4. The van der Waals surface area contributed by atoms with Crippen molar-refractivity contribution in [3.05, 3.63) is 65.7 Å². The molecule has 1 aliphatic rings. The lowest BCUT2D eigenvalue weighted by atomic mass is 9.91. The molecule has 0 radical (unpaired) electrons. The minimum Gasteiger partial charge on any atom is -0.465 e. The van der Waals surface area contributed by atoms with E-state index in [1.165, 1.54) is 28.0 Å². The minimum absolute atomic E-state index is 0.0295. The third-order valence-corrected chi connectivity index (χ3v) is 6.64. The first-order valence-electron chi connectivity index (χ1n) is 12.7. The number of nitrogens with zero attached hydrogens (tertiary/aromatic N) is 2. The molecule has 3 rings (SSSR count). The normalized spacial score (nSPS) is 19.7. The van der Waals surface area contributed by atoms with E-state index in [0.29, 0.717) is 5.56 Å². The van der Waals surface area contributed by atoms with Crippen molar-refractivity contribution >= 4 is 12.0 Å². The summed E-state index contributed by atoms with van der Waals surface area (Å²) in [6.45, 7) is 8.86. The number of carbonyl (C=O) groups excluding carboxylic acids is 1. The van der Waals surface area contributed by atoms with Crippen LogP contribution >= 0.6 is 0 Å². The van der Waals surface area contributed by atoms with Gasteiger partial charge in [-0.3, -0.25) is 15.0 Å². The smallest absolute Gasteiger partial charge is 0.465 e. The van der Waals surface area contributed by atoms with Gasteiger partial charge in [0.15, 0.2) is 0 Å². The van der Waals surface area contributed by atoms with Crippen molar-refractivity contribution in [3.63, 3.8) is 0 Å². The number of aliphatic hydroxyl groups excluding tert-OH is 1. The lowest BCUT2D eigenvalue weighted by Gasteiger charge is -2.42. The Morgan fingerprint density at radius 3 is 2.23 bits per heavy atom. The number of benzene rings is 2. The summed E-state index contributed by atoms with van der Waals surface area (Å²) in [7, 11) is 0. The van der Waals surface area contributed by atoms with E-state index >= 15 is 0 Å². The van der Waals surface area contributed by atoms with Gasteiger partial charge in [0.1, 0.15) is 11.8 Å². The molecule has 214 valence electrons. The van der Waals surface area contributed by atoms with E-state index in [1.54, 1.807) is 26.8 Å². The molecule has 0 saturated carbocycles. The van der Waals surface area contributed by atoms with Crippen LogP contribution in [0.5, 0.6) is 5.75 Å². The molecule has 8 nitrogen and oxygen atoms in total. The van der Waals surface area contributed by atoms with Crippen LogP contribution in [0.4, 0.5) is 18.0 Å². The Bertz CT molecular complexity index is 1140. The van der Waals surface area contributed by atoms with Crippen LogP contribution in [-0.2, 0) is 17.8 Å². The lowest BCUT2D eigenvalue weighted by molar-refractivity contribution is -0.274. The maximum absolute atomic E-state index is 13.7. The Balaban J connectivity index is 1.93. The van der Waals surface area contributed by atoms with Crippen LogP contribution in [0, 0.1) is 5.92 Å². The van der Waals surface area contributed by atoms with Crippen LogP contribution in [0.3, 0.4) is 0 Å². The van der Waals surface area contributed by atoms with Crippen molar-refractivity contribution in [2.75, 3.05) is 0 Å². The minimum atomic E-state index is -4.85. The van der Waals surface area contributed by atoms with Crippen molar-refractivity contribution in [2.24, 2.45) is 5.92 Å². The first-order valence-corrected chi connectivity index (χ1v) is 12.7. The highest BCUT2D eigenvalue weighted by Crippen LogP contribution is 2.30. The van der Waals surface area contributed by atoms with Crippen LogP contribution in [0.15, 0.2) is 54.6 Å². The molecule has 2 aromatic carbocycles. The number of nitrogens with one attached hydrogen (secondary N) is 1. The van der Waals surface area contributed by atoms with Crippen LogP contribution in [0.2, 0.25) is 0 Å². The van der Waals surface area contributed by atoms with Gasteiger partial charge >= 0.3 is 12.5 Å². The molecule has 3 N–H and O–H groups in total. The van der Waals surface area contributed by atoms with E-state index in [9.17, 15) is 33.0 Å². The topological polar surface area (TPSA) is 102 Å². The zero-order valence-electron chi connectivity index (χ0n) is 22.6. The highest BCUT2D eigenvalue weighted by molar-refractivity contribution is 5.85. The van der Waals surface area contributed by atoms with Crippen molar-refractivity contribution in [1.82, 2.24) is 15.1 Å². The Hall–Kier alpha value is -3.31. The van der Waals surface area contributed by atoms with E-state index in [-0.39, 0.29) is 18.9 Å². The monoisotopic (exact) mass is 551 g/mol. The summed E-state index contributed by atoms with van der Waals surface area (Å²) >= 11 is 0. The maximum atomic E-state index is 13.7. The molecule has 39 heavy (non-hydrogen) atoms. The molecular formula is C28H36F3N3O5. The number of rotatable bonds is 9. The van der Waals surface area contributed by atoms with E-state index in [1.807, 2.05) is 44.2 Å². The van der Waals surface area contributed by atoms with E-state index in [2.05, 4.69) is 10.1 Å². The molecule has 0 aliphatic carbocycles. The molecule has 2 aromatic rings. The largest absolute Gasteiger partial charge is 0.573 e. The molecule has 11 heteroatoms. The molecule has 1 aliphatic heterocycles. The van der Waals surface area contributed by atoms with Gasteiger partial charge in [0.05, 0.1) is 18.3 Å². The lowest BCUT2D eigenvalue weighted by Crippen LogP contribution is -2.61. The molecule has 1 unspecified atom stereocenters. The van der Waals surface area contributed by atoms with Gasteiger partial charge in [-0.15, -0.1) is 13.2 Å². The highest BCUT2D eigenvalue weighted by Gasteiger charge is 2.49. The first-order chi connectivity index (χ1) is 18.1. The summed E-state index contributed by atoms with van der Waals surface area (Å²) in [5.74, 6) is -0.991. The maximum Gasteiger partial charge on any atom is 0.573 e. The van der Waals surface area contributed by atoms with Crippen LogP contribution in [0.25, 0.3) is 0 Å². The average molecular weight is 552 g/mol.